The molecule has 0 saturated carbocycles. The van der Waals surface area contributed by atoms with Crippen molar-refractivity contribution in [3.63, 3.8) is 0 Å². The van der Waals surface area contributed by atoms with E-state index in [1.807, 2.05) is 13.8 Å². The van der Waals surface area contributed by atoms with Gasteiger partial charge in [-0.3, -0.25) is 0 Å². The standard InChI is InChI=1S/C5H8ClN3S/c1-3(2)7-5-8-4(6)9-10-5/h3H,1-2H3,(H,7,8,9). The van der Waals surface area contributed by atoms with Crippen LogP contribution in [0.1, 0.15) is 13.8 Å². The normalized spacial score (nSPS) is 10.4. The lowest BCUT2D eigenvalue weighted by Crippen LogP contribution is -2.08. The van der Waals surface area contributed by atoms with E-state index < -0.39 is 0 Å². The van der Waals surface area contributed by atoms with Gasteiger partial charge in [-0.15, -0.1) is 0 Å². The van der Waals surface area contributed by atoms with Gasteiger partial charge < -0.3 is 5.32 Å². The first-order valence-electron chi connectivity index (χ1n) is 2.94. The number of nitrogens with zero attached hydrogens (tertiary/aromatic N) is 2. The molecule has 0 aromatic carbocycles. The van der Waals surface area contributed by atoms with Crippen molar-refractivity contribution in [1.29, 1.82) is 0 Å². The zero-order chi connectivity index (χ0) is 7.56. The Morgan fingerprint density at radius 3 is 2.70 bits per heavy atom. The highest BCUT2D eigenvalue weighted by molar-refractivity contribution is 7.09. The predicted octanol–water partition coefficient (Wildman–Crippen LogP) is 2.01. The van der Waals surface area contributed by atoms with Crippen LogP contribution in [0.15, 0.2) is 0 Å². The summed E-state index contributed by atoms with van der Waals surface area (Å²) in [4.78, 5) is 3.91. The van der Waals surface area contributed by atoms with Crippen molar-refractivity contribution in [3.05, 3.63) is 5.28 Å². The van der Waals surface area contributed by atoms with E-state index in [4.69, 9.17) is 11.6 Å². The van der Waals surface area contributed by atoms with Crippen molar-refractivity contribution in [2.24, 2.45) is 0 Å². The molecule has 0 spiro atoms. The molecule has 0 unspecified atom stereocenters. The lowest BCUT2D eigenvalue weighted by molar-refractivity contribution is 0.896. The summed E-state index contributed by atoms with van der Waals surface area (Å²) in [6, 6.07) is 0.379. The van der Waals surface area contributed by atoms with Crippen LogP contribution in [0.2, 0.25) is 5.28 Å². The van der Waals surface area contributed by atoms with Gasteiger partial charge in [0.25, 0.3) is 0 Å². The fourth-order valence-corrected chi connectivity index (χ4v) is 1.37. The van der Waals surface area contributed by atoms with Crippen molar-refractivity contribution in [3.8, 4) is 0 Å². The van der Waals surface area contributed by atoms with Gasteiger partial charge in [-0.05, 0) is 25.4 Å². The maximum Gasteiger partial charge on any atom is 0.236 e. The molecule has 0 aliphatic rings. The van der Waals surface area contributed by atoms with E-state index in [1.165, 1.54) is 11.5 Å². The maximum atomic E-state index is 5.49. The van der Waals surface area contributed by atoms with Gasteiger partial charge in [0.15, 0.2) is 0 Å². The molecule has 1 aromatic heterocycles. The highest BCUT2D eigenvalue weighted by Gasteiger charge is 2.00. The minimum Gasteiger partial charge on any atom is -0.358 e. The van der Waals surface area contributed by atoms with Gasteiger partial charge in [-0.25, -0.2) is 0 Å². The number of nitrogens with one attached hydrogen (secondary N) is 1. The van der Waals surface area contributed by atoms with Crippen molar-refractivity contribution in [1.82, 2.24) is 9.36 Å². The Balaban J connectivity index is 2.58. The van der Waals surface area contributed by atoms with E-state index in [-0.39, 0.29) is 0 Å². The Hall–Kier alpha value is -0.350. The first-order valence-corrected chi connectivity index (χ1v) is 4.09. The van der Waals surface area contributed by atoms with Crippen molar-refractivity contribution in [2.45, 2.75) is 19.9 Å². The largest absolute Gasteiger partial charge is 0.358 e. The van der Waals surface area contributed by atoms with Crippen molar-refractivity contribution >= 4 is 28.3 Å². The quantitative estimate of drug-likeness (QED) is 0.751. The second kappa shape index (κ2) is 3.16. The Labute approximate surface area is 68.6 Å². The maximum absolute atomic E-state index is 5.49. The summed E-state index contributed by atoms with van der Waals surface area (Å²) >= 11 is 6.77. The van der Waals surface area contributed by atoms with Gasteiger partial charge in [0.1, 0.15) is 0 Å². The zero-order valence-electron chi connectivity index (χ0n) is 5.76. The fraction of sp³-hybridized carbons (Fsp3) is 0.600. The van der Waals surface area contributed by atoms with Gasteiger partial charge in [0.05, 0.1) is 0 Å². The Morgan fingerprint density at radius 1 is 1.60 bits per heavy atom. The molecule has 56 valence electrons. The first kappa shape index (κ1) is 7.75. The van der Waals surface area contributed by atoms with Gasteiger partial charge in [-0.2, -0.15) is 9.36 Å². The van der Waals surface area contributed by atoms with Crippen molar-refractivity contribution < 1.29 is 0 Å². The monoisotopic (exact) mass is 177 g/mol. The molecule has 0 radical (unpaired) electrons. The minimum absolute atomic E-state index is 0.313. The van der Waals surface area contributed by atoms with Gasteiger partial charge >= 0.3 is 0 Å². The SMILES string of the molecule is CC(C)Nc1nc(Cl)ns1. The third-order valence-electron chi connectivity index (χ3n) is 0.813. The Kier molecular flexibility index (Phi) is 2.45. The molecule has 0 aliphatic carbocycles. The molecular formula is C5H8ClN3S. The molecule has 0 saturated heterocycles. The number of rotatable bonds is 2. The highest BCUT2D eigenvalue weighted by atomic mass is 35.5. The van der Waals surface area contributed by atoms with Crippen LogP contribution in [0.25, 0.3) is 0 Å². The van der Waals surface area contributed by atoms with Crippen LogP contribution in [0.5, 0.6) is 0 Å². The third kappa shape index (κ3) is 2.11. The molecule has 0 fully saturated rings. The summed E-state index contributed by atoms with van der Waals surface area (Å²) in [6.45, 7) is 4.07. The molecule has 1 rings (SSSR count). The van der Waals surface area contributed by atoms with Crippen LogP contribution in [0.3, 0.4) is 0 Å². The van der Waals surface area contributed by atoms with Crippen LogP contribution < -0.4 is 5.32 Å². The number of anilines is 1. The number of hydrogen-bond acceptors (Lipinski definition) is 4. The fourth-order valence-electron chi connectivity index (χ4n) is 0.511. The molecule has 10 heavy (non-hydrogen) atoms. The van der Waals surface area contributed by atoms with Crippen LogP contribution in [-0.4, -0.2) is 15.4 Å². The minimum atomic E-state index is 0.313. The molecule has 1 heterocycles. The summed E-state index contributed by atoms with van der Waals surface area (Å²) < 4.78 is 3.80. The molecule has 0 amide bonds. The Morgan fingerprint density at radius 2 is 2.30 bits per heavy atom. The lowest BCUT2D eigenvalue weighted by atomic mass is 10.4. The molecule has 5 heteroatoms. The van der Waals surface area contributed by atoms with E-state index in [1.54, 1.807) is 0 Å². The zero-order valence-corrected chi connectivity index (χ0v) is 7.33. The highest BCUT2D eigenvalue weighted by Crippen LogP contribution is 2.14. The van der Waals surface area contributed by atoms with E-state index in [9.17, 15) is 0 Å². The van der Waals surface area contributed by atoms with Crippen LogP contribution in [-0.2, 0) is 0 Å². The summed E-state index contributed by atoms with van der Waals surface area (Å²) in [5.41, 5.74) is 0. The average molecular weight is 178 g/mol. The van der Waals surface area contributed by atoms with E-state index in [0.717, 1.165) is 5.13 Å². The van der Waals surface area contributed by atoms with Gasteiger partial charge in [-0.1, -0.05) is 0 Å². The van der Waals surface area contributed by atoms with Crippen LogP contribution in [0, 0.1) is 0 Å². The topological polar surface area (TPSA) is 37.8 Å². The molecule has 0 atom stereocenters. The molecule has 0 aliphatic heterocycles. The molecule has 1 N–H and O–H groups in total. The average Bonchev–Trinajstić information content (AvgIpc) is 2.13. The van der Waals surface area contributed by atoms with Crippen LogP contribution in [0.4, 0.5) is 5.13 Å². The smallest absolute Gasteiger partial charge is 0.236 e. The summed E-state index contributed by atoms with van der Waals surface area (Å²) in [5, 5.41) is 4.18. The summed E-state index contributed by atoms with van der Waals surface area (Å²) in [5.74, 6) is 0. The van der Waals surface area contributed by atoms with E-state index in [0.29, 0.717) is 11.3 Å². The number of hydrogen-bond donors (Lipinski definition) is 1. The Bertz CT molecular complexity index is 210. The third-order valence-corrected chi connectivity index (χ3v) is 1.73. The first-order chi connectivity index (χ1) is 4.68. The van der Waals surface area contributed by atoms with Crippen molar-refractivity contribution in [2.75, 3.05) is 5.32 Å². The molecule has 1 aromatic rings. The van der Waals surface area contributed by atoms with E-state index in [2.05, 4.69) is 14.7 Å². The molecule has 3 nitrogen and oxygen atoms in total. The second-order valence-electron chi connectivity index (χ2n) is 2.17. The lowest BCUT2D eigenvalue weighted by Gasteiger charge is -2.02. The van der Waals surface area contributed by atoms with Gasteiger partial charge in [0, 0.05) is 17.6 Å². The molecule has 0 bridgehead atoms. The number of halogens is 1. The summed E-state index contributed by atoms with van der Waals surface area (Å²) in [6.07, 6.45) is 0. The number of aromatic nitrogens is 2. The predicted molar refractivity (Wildman–Crippen MR) is 43.7 cm³/mol. The second-order valence-corrected chi connectivity index (χ2v) is 3.26. The van der Waals surface area contributed by atoms with E-state index >= 15 is 0 Å². The van der Waals surface area contributed by atoms with Crippen LogP contribution >= 0.6 is 23.1 Å². The molecular weight excluding hydrogens is 170 g/mol. The summed E-state index contributed by atoms with van der Waals surface area (Å²) in [7, 11) is 0. The van der Waals surface area contributed by atoms with Gasteiger partial charge in [0.2, 0.25) is 10.4 Å².